The number of carbonyl (C=O) groups is 4. The average molecular weight is 433 g/mol. The predicted octanol–water partition coefficient (Wildman–Crippen LogP) is 2.21. The smallest absolute Gasteiger partial charge is 0.318 e. The molecule has 5 amide bonds. The number of nitrogens with one attached hydrogen (secondary N) is 2. The molecule has 1 aliphatic rings. The number of nitrogens with zero attached hydrogens (tertiary/aromatic N) is 3. The van der Waals surface area contributed by atoms with E-state index in [2.05, 4.69) is 10.7 Å². The van der Waals surface area contributed by atoms with E-state index in [9.17, 15) is 19.2 Å². The van der Waals surface area contributed by atoms with Crippen LogP contribution in [0, 0.1) is 11.3 Å². The Morgan fingerprint density at radius 3 is 2.31 bits per heavy atom. The Morgan fingerprint density at radius 2 is 1.69 bits per heavy atom. The van der Waals surface area contributed by atoms with Crippen molar-refractivity contribution in [2.24, 2.45) is 0 Å². The highest BCUT2D eigenvalue weighted by Crippen LogP contribution is 2.27. The van der Waals surface area contributed by atoms with Crippen LogP contribution < -0.4 is 15.6 Å². The van der Waals surface area contributed by atoms with Crippen LogP contribution in [0.5, 0.6) is 0 Å². The van der Waals surface area contributed by atoms with Gasteiger partial charge in [0.1, 0.15) is 5.54 Å². The lowest BCUT2D eigenvalue weighted by atomic mass is 9.92. The third-order valence-corrected chi connectivity index (χ3v) is 5.16. The van der Waals surface area contributed by atoms with Gasteiger partial charge in [-0.2, -0.15) is 10.3 Å². The average Bonchev–Trinajstić information content (AvgIpc) is 3.03. The molecule has 1 fully saturated rings. The highest BCUT2D eigenvalue weighted by atomic mass is 16.2. The Labute approximate surface area is 185 Å². The van der Waals surface area contributed by atoms with Gasteiger partial charge < -0.3 is 10.2 Å². The molecule has 1 atom stereocenters. The summed E-state index contributed by atoms with van der Waals surface area (Å²) in [4.78, 5) is 51.7. The lowest BCUT2D eigenvalue weighted by Gasteiger charge is -2.23. The molecule has 2 aromatic rings. The summed E-state index contributed by atoms with van der Waals surface area (Å²) >= 11 is 0. The molecule has 1 aliphatic heterocycles. The van der Waals surface area contributed by atoms with E-state index in [4.69, 9.17) is 5.26 Å². The fourth-order valence-corrected chi connectivity index (χ4v) is 3.41. The van der Waals surface area contributed by atoms with Gasteiger partial charge in [0.25, 0.3) is 5.91 Å². The number of nitriles is 1. The van der Waals surface area contributed by atoms with E-state index in [-0.39, 0.29) is 31.7 Å². The molecule has 2 aromatic carbocycles. The van der Waals surface area contributed by atoms with Crippen LogP contribution in [0.4, 0.5) is 10.5 Å². The molecular weight excluding hydrogens is 410 g/mol. The van der Waals surface area contributed by atoms with Gasteiger partial charge in [-0.3, -0.25) is 19.8 Å². The second kappa shape index (κ2) is 9.75. The summed E-state index contributed by atoms with van der Waals surface area (Å²) in [5.74, 6) is -1.60. The van der Waals surface area contributed by atoms with Crippen molar-refractivity contribution in [3.05, 3.63) is 66.2 Å². The second-order valence-electron chi connectivity index (χ2n) is 7.39. The molecule has 9 heteroatoms. The third kappa shape index (κ3) is 4.75. The van der Waals surface area contributed by atoms with Gasteiger partial charge in [0.05, 0.1) is 12.5 Å². The first-order chi connectivity index (χ1) is 15.4. The summed E-state index contributed by atoms with van der Waals surface area (Å²) in [5, 5.41) is 12.1. The highest BCUT2D eigenvalue weighted by Gasteiger charge is 2.49. The number of imide groups is 1. The molecule has 3 rings (SSSR count). The van der Waals surface area contributed by atoms with E-state index in [0.717, 1.165) is 0 Å². The molecule has 0 spiro atoms. The summed E-state index contributed by atoms with van der Waals surface area (Å²) in [7, 11) is 0. The molecule has 1 saturated heterocycles. The van der Waals surface area contributed by atoms with Crippen LogP contribution in [0.25, 0.3) is 0 Å². The zero-order valence-electron chi connectivity index (χ0n) is 17.6. The van der Waals surface area contributed by atoms with Gasteiger partial charge in [0.15, 0.2) is 0 Å². The van der Waals surface area contributed by atoms with Crippen LogP contribution in [0.3, 0.4) is 0 Å². The van der Waals surface area contributed by atoms with Crippen molar-refractivity contribution in [2.75, 3.05) is 11.4 Å². The first kappa shape index (κ1) is 22.5. The van der Waals surface area contributed by atoms with Crippen molar-refractivity contribution >= 4 is 29.4 Å². The number of amides is 5. The molecule has 1 unspecified atom stereocenters. The van der Waals surface area contributed by atoms with Crippen LogP contribution in [-0.4, -0.2) is 35.3 Å². The lowest BCUT2D eigenvalue weighted by Crippen LogP contribution is -2.48. The number of rotatable bonds is 8. The van der Waals surface area contributed by atoms with Gasteiger partial charge in [-0.15, -0.1) is 0 Å². The van der Waals surface area contributed by atoms with E-state index in [1.807, 2.05) is 12.1 Å². The van der Waals surface area contributed by atoms with Crippen molar-refractivity contribution in [1.29, 1.82) is 5.26 Å². The van der Waals surface area contributed by atoms with Crippen molar-refractivity contribution in [2.45, 2.75) is 31.7 Å². The van der Waals surface area contributed by atoms with Crippen LogP contribution in [-0.2, 0) is 19.9 Å². The molecular formula is C23H23N5O4. The topological polar surface area (TPSA) is 123 Å². The summed E-state index contributed by atoms with van der Waals surface area (Å²) < 4.78 is 0. The number of carbonyl (C=O) groups excluding carboxylic acids is 4. The van der Waals surface area contributed by atoms with Crippen molar-refractivity contribution in [3.63, 3.8) is 0 Å². The van der Waals surface area contributed by atoms with E-state index >= 15 is 0 Å². The summed E-state index contributed by atoms with van der Waals surface area (Å²) in [5.41, 5.74) is 2.20. The summed E-state index contributed by atoms with van der Waals surface area (Å²) in [6.45, 7) is 1.76. The van der Waals surface area contributed by atoms with E-state index in [0.29, 0.717) is 16.3 Å². The van der Waals surface area contributed by atoms with Crippen molar-refractivity contribution in [1.82, 2.24) is 15.8 Å². The van der Waals surface area contributed by atoms with Crippen molar-refractivity contribution < 1.29 is 19.2 Å². The van der Waals surface area contributed by atoms with Gasteiger partial charge in [-0.25, -0.2) is 4.79 Å². The Kier molecular flexibility index (Phi) is 6.85. The SMILES string of the molecule is CC1(c2ccccc2)NC(=O)N(NC(=O)CCC(=O)N(CCC#N)c2ccccc2)C1=O. The minimum absolute atomic E-state index is 0.146. The molecule has 0 aliphatic carbocycles. The highest BCUT2D eigenvalue weighted by molar-refractivity contribution is 6.08. The molecule has 0 saturated carbocycles. The molecule has 0 bridgehead atoms. The Balaban J connectivity index is 1.61. The standard InChI is InChI=1S/C23H23N5O4/c1-23(17-9-4-2-5-10-17)21(31)28(22(32)25-23)26-19(29)13-14-20(30)27(16-8-15-24)18-11-6-3-7-12-18/h2-7,9-12H,8,13-14,16H2,1H3,(H,25,32)(H,26,29). The van der Waals surface area contributed by atoms with Crippen LogP contribution in [0.1, 0.15) is 31.7 Å². The van der Waals surface area contributed by atoms with Crippen LogP contribution in [0.2, 0.25) is 0 Å². The Bertz CT molecular complexity index is 1050. The lowest BCUT2D eigenvalue weighted by molar-refractivity contribution is -0.139. The number of urea groups is 1. The summed E-state index contributed by atoms with van der Waals surface area (Å²) in [6.07, 6.45) is -0.229. The predicted molar refractivity (Wildman–Crippen MR) is 116 cm³/mol. The number of anilines is 1. The molecule has 9 nitrogen and oxygen atoms in total. The van der Waals surface area contributed by atoms with Gasteiger partial charge in [0.2, 0.25) is 11.8 Å². The maximum atomic E-state index is 12.8. The quantitative estimate of drug-likeness (QED) is 0.618. The zero-order chi connectivity index (χ0) is 23.1. The van der Waals surface area contributed by atoms with Gasteiger partial charge in [-0.1, -0.05) is 48.5 Å². The monoisotopic (exact) mass is 433 g/mol. The van der Waals surface area contributed by atoms with Crippen LogP contribution in [0.15, 0.2) is 60.7 Å². The minimum atomic E-state index is -1.30. The van der Waals surface area contributed by atoms with Gasteiger partial charge in [-0.05, 0) is 24.6 Å². The second-order valence-corrected chi connectivity index (χ2v) is 7.39. The van der Waals surface area contributed by atoms with Crippen molar-refractivity contribution in [3.8, 4) is 6.07 Å². The molecule has 0 aromatic heterocycles. The minimum Gasteiger partial charge on any atom is -0.318 e. The van der Waals surface area contributed by atoms with Crippen LogP contribution >= 0.6 is 0 Å². The van der Waals surface area contributed by atoms with E-state index in [1.165, 1.54) is 4.90 Å². The molecule has 0 radical (unpaired) electrons. The Morgan fingerprint density at radius 1 is 1.06 bits per heavy atom. The fourth-order valence-electron chi connectivity index (χ4n) is 3.41. The fraction of sp³-hybridized carbons (Fsp3) is 0.261. The summed E-state index contributed by atoms with van der Waals surface area (Å²) in [6, 6.07) is 18.8. The first-order valence-electron chi connectivity index (χ1n) is 10.1. The van der Waals surface area contributed by atoms with E-state index in [1.54, 1.807) is 61.5 Å². The zero-order valence-corrected chi connectivity index (χ0v) is 17.6. The maximum absolute atomic E-state index is 12.8. The Hall–Kier alpha value is -4.19. The molecule has 164 valence electrons. The number of hydrazine groups is 1. The number of para-hydroxylation sites is 1. The maximum Gasteiger partial charge on any atom is 0.344 e. The molecule has 2 N–H and O–H groups in total. The number of benzene rings is 2. The number of hydrogen-bond acceptors (Lipinski definition) is 5. The van der Waals surface area contributed by atoms with Gasteiger partial charge >= 0.3 is 6.03 Å². The van der Waals surface area contributed by atoms with Gasteiger partial charge in [0, 0.05) is 25.1 Å². The van der Waals surface area contributed by atoms with E-state index < -0.39 is 23.4 Å². The molecule has 1 heterocycles. The normalized spacial score (nSPS) is 17.4. The first-order valence-corrected chi connectivity index (χ1v) is 10.1. The number of hydrogen-bond donors (Lipinski definition) is 2. The third-order valence-electron chi connectivity index (χ3n) is 5.16. The molecule has 32 heavy (non-hydrogen) atoms. The largest absolute Gasteiger partial charge is 0.344 e.